The third-order valence-corrected chi connectivity index (χ3v) is 6.24. The second-order valence-corrected chi connectivity index (χ2v) is 9.42. The van der Waals surface area contributed by atoms with Crippen molar-refractivity contribution >= 4 is 0 Å². The highest BCUT2D eigenvalue weighted by atomic mass is 14.9. The number of hydrogen-bond acceptors (Lipinski definition) is 1. The molecule has 26 heavy (non-hydrogen) atoms. The van der Waals surface area contributed by atoms with Gasteiger partial charge in [-0.1, -0.05) is 112 Å². The van der Waals surface area contributed by atoms with Gasteiger partial charge < -0.3 is 5.32 Å². The summed E-state index contributed by atoms with van der Waals surface area (Å²) in [6, 6.07) is 0.744. The topological polar surface area (TPSA) is 12.0 Å². The average molecular weight is 368 g/mol. The van der Waals surface area contributed by atoms with E-state index in [1.807, 2.05) is 0 Å². The smallest absolute Gasteiger partial charge is 0.00671 e. The van der Waals surface area contributed by atoms with Crippen molar-refractivity contribution in [3.05, 3.63) is 0 Å². The molecule has 0 aliphatic carbocycles. The van der Waals surface area contributed by atoms with Gasteiger partial charge in [0.2, 0.25) is 0 Å². The number of unbranched alkanes of at least 4 members (excludes halogenated alkanes) is 4. The van der Waals surface area contributed by atoms with Crippen molar-refractivity contribution in [1.82, 2.24) is 5.32 Å². The number of rotatable bonds is 19. The molecule has 0 aromatic heterocycles. The van der Waals surface area contributed by atoms with Crippen molar-refractivity contribution in [2.45, 2.75) is 144 Å². The third kappa shape index (κ3) is 14.1. The quantitative estimate of drug-likeness (QED) is 0.225. The van der Waals surface area contributed by atoms with Crippen LogP contribution in [0.2, 0.25) is 0 Å². The zero-order chi connectivity index (χ0) is 19.7. The molecule has 0 aromatic carbocycles. The molecule has 0 amide bonds. The molecule has 0 fully saturated rings. The fourth-order valence-corrected chi connectivity index (χ4v) is 4.38. The Bertz CT molecular complexity index is 288. The van der Waals surface area contributed by atoms with Crippen LogP contribution in [0.1, 0.15) is 138 Å². The maximum Gasteiger partial charge on any atom is 0.00671 e. The summed E-state index contributed by atoms with van der Waals surface area (Å²) in [5, 5.41) is 4.00. The average Bonchev–Trinajstić information content (AvgIpc) is 2.62. The van der Waals surface area contributed by atoms with Gasteiger partial charge in [-0.2, -0.15) is 0 Å². The van der Waals surface area contributed by atoms with Gasteiger partial charge in [0.1, 0.15) is 0 Å². The van der Waals surface area contributed by atoms with Crippen LogP contribution < -0.4 is 5.32 Å². The largest absolute Gasteiger partial charge is 0.313 e. The summed E-state index contributed by atoms with van der Waals surface area (Å²) in [5.74, 6) is 0.930. The highest BCUT2D eigenvalue weighted by Gasteiger charge is 2.23. The summed E-state index contributed by atoms with van der Waals surface area (Å²) in [6.07, 6.45) is 20.7. The van der Waals surface area contributed by atoms with E-state index in [0.29, 0.717) is 5.41 Å². The molecule has 0 heterocycles. The molecule has 0 rings (SSSR count). The van der Waals surface area contributed by atoms with E-state index in [2.05, 4.69) is 46.9 Å². The standard InChI is InChI=1S/C25H53N/c1-7-11-15-21-25(6,20-10-4)22-26-24(16-9-3)19-14-13-18-23(5)17-12-8-2/h23-24,26H,7-22H2,1-6H3. The van der Waals surface area contributed by atoms with Crippen LogP contribution in [0.4, 0.5) is 0 Å². The summed E-state index contributed by atoms with van der Waals surface area (Å²) in [7, 11) is 0. The van der Waals surface area contributed by atoms with E-state index in [-0.39, 0.29) is 0 Å². The van der Waals surface area contributed by atoms with Gasteiger partial charge in [-0.3, -0.25) is 0 Å². The van der Waals surface area contributed by atoms with Gasteiger partial charge in [-0.15, -0.1) is 0 Å². The molecule has 1 heteroatoms. The van der Waals surface area contributed by atoms with Crippen molar-refractivity contribution in [1.29, 1.82) is 0 Å². The van der Waals surface area contributed by atoms with E-state index >= 15 is 0 Å². The Morgan fingerprint density at radius 3 is 1.92 bits per heavy atom. The van der Waals surface area contributed by atoms with Crippen LogP contribution in [-0.4, -0.2) is 12.6 Å². The summed E-state index contributed by atoms with van der Waals surface area (Å²) in [4.78, 5) is 0. The van der Waals surface area contributed by atoms with E-state index in [1.54, 1.807) is 0 Å². The fourth-order valence-electron chi connectivity index (χ4n) is 4.38. The lowest BCUT2D eigenvalue weighted by Gasteiger charge is -2.32. The Hall–Kier alpha value is -0.0400. The maximum atomic E-state index is 4.00. The van der Waals surface area contributed by atoms with Crippen LogP contribution in [-0.2, 0) is 0 Å². The van der Waals surface area contributed by atoms with Crippen molar-refractivity contribution in [3.63, 3.8) is 0 Å². The lowest BCUT2D eigenvalue weighted by atomic mass is 9.80. The van der Waals surface area contributed by atoms with E-state index in [9.17, 15) is 0 Å². The molecule has 0 radical (unpaired) electrons. The second-order valence-electron chi connectivity index (χ2n) is 9.42. The lowest BCUT2D eigenvalue weighted by Crippen LogP contribution is -2.38. The molecule has 0 bridgehead atoms. The predicted molar refractivity (Wildman–Crippen MR) is 121 cm³/mol. The molecule has 0 aliphatic heterocycles. The summed E-state index contributed by atoms with van der Waals surface area (Å²) >= 11 is 0. The number of nitrogens with one attached hydrogen (secondary N) is 1. The lowest BCUT2D eigenvalue weighted by molar-refractivity contribution is 0.230. The highest BCUT2D eigenvalue weighted by molar-refractivity contribution is 4.79. The Morgan fingerprint density at radius 2 is 1.31 bits per heavy atom. The van der Waals surface area contributed by atoms with Gasteiger partial charge in [0, 0.05) is 12.6 Å². The Labute approximate surface area is 167 Å². The van der Waals surface area contributed by atoms with E-state index in [0.717, 1.165) is 12.0 Å². The molecule has 1 N–H and O–H groups in total. The first kappa shape index (κ1) is 26.0. The minimum absolute atomic E-state index is 0.505. The van der Waals surface area contributed by atoms with Crippen molar-refractivity contribution in [2.75, 3.05) is 6.54 Å². The molecule has 3 unspecified atom stereocenters. The summed E-state index contributed by atoms with van der Waals surface area (Å²) < 4.78 is 0. The van der Waals surface area contributed by atoms with Crippen molar-refractivity contribution in [3.8, 4) is 0 Å². The van der Waals surface area contributed by atoms with Crippen LogP contribution in [0.15, 0.2) is 0 Å². The van der Waals surface area contributed by atoms with Gasteiger partial charge in [-0.25, -0.2) is 0 Å². The van der Waals surface area contributed by atoms with Crippen LogP contribution in [0, 0.1) is 11.3 Å². The summed E-state index contributed by atoms with van der Waals surface area (Å²) in [6.45, 7) is 15.5. The number of hydrogen-bond donors (Lipinski definition) is 1. The minimum atomic E-state index is 0.505. The van der Waals surface area contributed by atoms with Gasteiger partial charge in [0.15, 0.2) is 0 Å². The first-order valence-electron chi connectivity index (χ1n) is 12.2. The Morgan fingerprint density at radius 1 is 0.654 bits per heavy atom. The van der Waals surface area contributed by atoms with E-state index in [1.165, 1.54) is 103 Å². The Balaban J connectivity index is 4.21. The molecule has 158 valence electrons. The first-order chi connectivity index (χ1) is 12.5. The molecule has 3 atom stereocenters. The van der Waals surface area contributed by atoms with Gasteiger partial charge in [0.25, 0.3) is 0 Å². The van der Waals surface area contributed by atoms with E-state index < -0.39 is 0 Å². The molecular formula is C25H53N. The third-order valence-electron chi connectivity index (χ3n) is 6.24. The van der Waals surface area contributed by atoms with Crippen molar-refractivity contribution in [2.24, 2.45) is 11.3 Å². The van der Waals surface area contributed by atoms with E-state index in [4.69, 9.17) is 0 Å². The zero-order valence-corrected chi connectivity index (χ0v) is 19.5. The molecule has 1 nitrogen and oxygen atoms in total. The monoisotopic (exact) mass is 367 g/mol. The van der Waals surface area contributed by atoms with Crippen LogP contribution >= 0.6 is 0 Å². The molecule has 0 aromatic rings. The minimum Gasteiger partial charge on any atom is -0.313 e. The molecule has 0 aliphatic rings. The normalized spacial score (nSPS) is 16.4. The Kier molecular flexibility index (Phi) is 17.1. The fraction of sp³-hybridized carbons (Fsp3) is 1.00. The molecule has 0 spiro atoms. The van der Waals surface area contributed by atoms with Gasteiger partial charge in [-0.05, 0) is 37.0 Å². The summed E-state index contributed by atoms with van der Waals surface area (Å²) in [5.41, 5.74) is 0.505. The first-order valence-corrected chi connectivity index (χ1v) is 12.2. The molecule has 0 saturated carbocycles. The second kappa shape index (κ2) is 17.1. The highest BCUT2D eigenvalue weighted by Crippen LogP contribution is 2.30. The van der Waals surface area contributed by atoms with Gasteiger partial charge in [0.05, 0.1) is 0 Å². The van der Waals surface area contributed by atoms with Crippen molar-refractivity contribution < 1.29 is 0 Å². The SMILES string of the molecule is CCCCCC(C)(CCC)CNC(CCC)CCCCC(C)CCCC. The predicted octanol–water partition coefficient (Wildman–Crippen LogP) is 8.52. The van der Waals surface area contributed by atoms with Crippen LogP contribution in [0.3, 0.4) is 0 Å². The van der Waals surface area contributed by atoms with Crippen LogP contribution in [0.5, 0.6) is 0 Å². The molecule has 0 saturated heterocycles. The maximum absolute atomic E-state index is 4.00. The zero-order valence-electron chi connectivity index (χ0n) is 19.5. The van der Waals surface area contributed by atoms with Gasteiger partial charge >= 0.3 is 0 Å². The van der Waals surface area contributed by atoms with Crippen LogP contribution in [0.25, 0.3) is 0 Å². The molecular weight excluding hydrogens is 314 g/mol.